The highest BCUT2D eigenvalue weighted by Crippen LogP contribution is 2.43. The van der Waals surface area contributed by atoms with Crippen molar-refractivity contribution in [3.63, 3.8) is 0 Å². The van der Waals surface area contributed by atoms with E-state index in [1.54, 1.807) is 11.2 Å². The number of likely N-dealkylation sites (tertiary alicyclic amines) is 1. The summed E-state index contributed by atoms with van der Waals surface area (Å²) in [5.74, 6) is 1.12. The average Bonchev–Trinajstić information content (AvgIpc) is 3.47. The zero-order chi connectivity index (χ0) is 22.7. The number of aryl methyl sites for hydroxylation is 1. The van der Waals surface area contributed by atoms with Crippen molar-refractivity contribution in [2.24, 2.45) is 5.41 Å². The molecule has 0 saturated carbocycles. The van der Waals surface area contributed by atoms with Crippen molar-refractivity contribution < 1.29 is 4.74 Å². The lowest BCUT2D eigenvalue weighted by atomic mass is 9.86. The third kappa shape index (κ3) is 3.70. The molecule has 33 heavy (non-hydrogen) atoms. The molecule has 4 aromatic rings. The normalized spacial score (nSPS) is 19.7. The minimum absolute atomic E-state index is 0.377. The van der Waals surface area contributed by atoms with E-state index in [1.807, 2.05) is 15.9 Å². The van der Waals surface area contributed by atoms with E-state index in [0.717, 1.165) is 24.4 Å². The molecule has 2 fully saturated rings. The number of pyridine rings is 1. The highest BCUT2D eigenvalue weighted by molar-refractivity contribution is 7.19. The summed E-state index contributed by atoms with van der Waals surface area (Å²) in [4.78, 5) is 12.4. The summed E-state index contributed by atoms with van der Waals surface area (Å²) in [5.41, 5.74) is 7.56. The number of nitrogens with one attached hydrogen (secondary N) is 1. The molecule has 1 N–H and O–H groups in total. The van der Waals surface area contributed by atoms with Crippen LogP contribution in [-0.4, -0.2) is 57.3 Å². The van der Waals surface area contributed by atoms with Crippen molar-refractivity contribution in [1.82, 2.24) is 24.5 Å². The molecule has 0 unspecified atom stereocenters. The topological polar surface area (TPSA) is 58.5 Å². The van der Waals surface area contributed by atoms with Crippen molar-refractivity contribution in [2.45, 2.75) is 52.4 Å². The standard InChI is InChI=1S/C26H33N5OS/c1-16(2)22-23(19-9-17(3)25-27-15-28-31(25)11-19)29-20-10-21(33-24(20)22)18-5-7-30(8-6-18)12-26(4)13-32-14-26/h9-11,15-16,18,29H,5-8,12-14H2,1-4H3. The van der Waals surface area contributed by atoms with E-state index in [0.29, 0.717) is 17.3 Å². The average molecular weight is 464 g/mol. The van der Waals surface area contributed by atoms with Crippen LogP contribution >= 0.6 is 11.3 Å². The second-order valence-corrected chi connectivity index (χ2v) is 11.8. The molecular formula is C26H33N5OS. The molecule has 0 aromatic carbocycles. The fourth-order valence-electron chi connectivity index (χ4n) is 5.69. The number of H-pyrrole nitrogens is 1. The van der Waals surface area contributed by atoms with Gasteiger partial charge >= 0.3 is 0 Å². The number of nitrogens with zero attached hydrogens (tertiary/aromatic N) is 4. The first kappa shape index (κ1) is 21.3. The minimum atomic E-state index is 0.377. The molecule has 0 bridgehead atoms. The lowest BCUT2D eigenvalue weighted by Gasteiger charge is -2.43. The molecule has 0 spiro atoms. The molecule has 6 nitrogen and oxygen atoms in total. The van der Waals surface area contributed by atoms with Crippen molar-refractivity contribution >= 4 is 27.2 Å². The Morgan fingerprint density at radius 3 is 2.73 bits per heavy atom. The second-order valence-electron chi connectivity index (χ2n) is 10.8. The Morgan fingerprint density at radius 1 is 1.24 bits per heavy atom. The molecule has 2 aliphatic rings. The number of thiophene rings is 1. The largest absolute Gasteiger partial charge is 0.380 e. The molecular weight excluding hydrogens is 430 g/mol. The monoisotopic (exact) mass is 463 g/mol. The zero-order valence-electron chi connectivity index (χ0n) is 20.0. The molecule has 2 aliphatic heterocycles. The molecule has 174 valence electrons. The lowest BCUT2D eigenvalue weighted by Crippen LogP contribution is -2.50. The Morgan fingerprint density at radius 2 is 2.03 bits per heavy atom. The summed E-state index contributed by atoms with van der Waals surface area (Å²) in [6, 6.07) is 4.66. The van der Waals surface area contributed by atoms with Gasteiger partial charge in [0.1, 0.15) is 6.33 Å². The van der Waals surface area contributed by atoms with E-state index >= 15 is 0 Å². The van der Waals surface area contributed by atoms with Crippen LogP contribution in [0.4, 0.5) is 0 Å². The number of ether oxygens (including phenoxy) is 1. The molecule has 4 aromatic heterocycles. The molecule has 6 rings (SSSR count). The van der Waals surface area contributed by atoms with Crippen molar-refractivity contribution in [3.8, 4) is 11.3 Å². The molecule has 7 heteroatoms. The molecule has 0 radical (unpaired) electrons. The Kier molecular flexibility index (Phi) is 5.12. The number of rotatable bonds is 5. The number of aromatic nitrogens is 4. The predicted molar refractivity (Wildman–Crippen MR) is 134 cm³/mol. The van der Waals surface area contributed by atoms with Gasteiger partial charge < -0.3 is 14.6 Å². The SMILES string of the molecule is Cc1cc(-c2[nH]c3cc(C4CCN(CC5(C)COC5)CC4)sc3c2C(C)C)cn2ncnc12. The summed E-state index contributed by atoms with van der Waals surface area (Å²) in [6.07, 6.45) is 6.24. The van der Waals surface area contributed by atoms with Crippen LogP contribution in [-0.2, 0) is 4.74 Å². The minimum Gasteiger partial charge on any atom is -0.380 e. The van der Waals surface area contributed by atoms with E-state index in [-0.39, 0.29) is 0 Å². The highest BCUT2D eigenvalue weighted by Gasteiger charge is 2.36. The van der Waals surface area contributed by atoms with Gasteiger partial charge in [0.05, 0.1) is 29.1 Å². The van der Waals surface area contributed by atoms with Gasteiger partial charge in [0.2, 0.25) is 0 Å². The Bertz CT molecular complexity index is 1300. The van der Waals surface area contributed by atoms with Gasteiger partial charge in [-0.2, -0.15) is 5.10 Å². The van der Waals surface area contributed by atoms with E-state index in [9.17, 15) is 0 Å². The maximum atomic E-state index is 5.45. The second kappa shape index (κ2) is 7.93. The summed E-state index contributed by atoms with van der Waals surface area (Å²) in [6.45, 7) is 14.5. The van der Waals surface area contributed by atoms with E-state index in [4.69, 9.17) is 4.74 Å². The van der Waals surface area contributed by atoms with Gasteiger partial charge in [0.25, 0.3) is 0 Å². The van der Waals surface area contributed by atoms with Crippen molar-refractivity contribution in [1.29, 1.82) is 0 Å². The summed E-state index contributed by atoms with van der Waals surface area (Å²) in [5, 5.41) is 4.38. The maximum absolute atomic E-state index is 5.45. The van der Waals surface area contributed by atoms with Crippen LogP contribution in [0.1, 0.15) is 61.5 Å². The number of hydrogen-bond acceptors (Lipinski definition) is 5. The van der Waals surface area contributed by atoms with Crippen LogP contribution in [0.15, 0.2) is 24.7 Å². The van der Waals surface area contributed by atoms with Gasteiger partial charge in [-0.25, -0.2) is 9.50 Å². The van der Waals surface area contributed by atoms with Crippen LogP contribution in [0.5, 0.6) is 0 Å². The number of hydrogen-bond donors (Lipinski definition) is 1. The fraction of sp³-hybridized carbons (Fsp3) is 0.538. The van der Waals surface area contributed by atoms with Crippen molar-refractivity contribution in [3.05, 3.63) is 40.7 Å². The quantitative estimate of drug-likeness (QED) is 0.419. The van der Waals surface area contributed by atoms with Crippen LogP contribution < -0.4 is 0 Å². The Hall–Kier alpha value is -2.22. The predicted octanol–water partition coefficient (Wildman–Crippen LogP) is 5.59. The third-order valence-corrected chi connectivity index (χ3v) is 8.78. The van der Waals surface area contributed by atoms with Gasteiger partial charge in [0, 0.05) is 28.6 Å². The lowest BCUT2D eigenvalue weighted by molar-refractivity contribution is -0.116. The van der Waals surface area contributed by atoms with Crippen LogP contribution in [0.3, 0.4) is 0 Å². The molecule has 0 atom stereocenters. The van der Waals surface area contributed by atoms with E-state index in [2.05, 4.69) is 66.0 Å². The Balaban J connectivity index is 1.27. The van der Waals surface area contributed by atoms with Gasteiger partial charge in [-0.05, 0) is 68.0 Å². The smallest absolute Gasteiger partial charge is 0.158 e. The molecule has 6 heterocycles. The van der Waals surface area contributed by atoms with E-state index in [1.165, 1.54) is 59.5 Å². The summed E-state index contributed by atoms with van der Waals surface area (Å²) in [7, 11) is 0. The Labute approximate surface area is 199 Å². The first-order valence-electron chi connectivity index (χ1n) is 12.2. The number of piperidine rings is 1. The molecule has 0 amide bonds. The molecule has 0 aliphatic carbocycles. The van der Waals surface area contributed by atoms with Gasteiger partial charge in [-0.1, -0.05) is 20.8 Å². The van der Waals surface area contributed by atoms with Crippen LogP contribution in [0.25, 0.3) is 27.1 Å². The van der Waals surface area contributed by atoms with Crippen LogP contribution in [0, 0.1) is 12.3 Å². The third-order valence-electron chi connectivity index (χ3n) is 7.45. The van der Waals surface area contributed by atoms with Gasteiger partial charge in [-0.15, -0.1) is 11.3 Å². The fourth-order valence-corrected chi connectivity index (χ4v) is 7.17. The summed E-state index contributed by atoms with van der Waals surface area (Å²) >= 11 is 2.01. The van der Waals surface area contributed by atoms with E-state index < -0.39 is 0 Å². The van der Waals surface area contributed by atoms with Gasteiger partial charge in [0.15, 0.2) is 5.65 Å². The van der Waals surface area contributed by atoms with Crippen molar-refractivity contribution in [2.75, 3.05) is 32.8 Å². The highest BCUT2D eigenvalue weighted by atomic mass is 32.1. The number of aromatic amines is 1. The first-order valence-corrected chi connectivity index (χ1v) is 13.0. The summed E-state index contributed by atoms with van der Waals surface area (Å²) < 4.78 is 8.77. The maximum Gasteiger partial charge on any atom is 0.158 e. The van der Waals surface area contributed by atoms with Gasteiger partial charge in [-0.3, -0.25) is 0 Å². The molecule has 2 saturated heterocycles. The number of fused-ring (bicyclic) bond motifs is 2. The zero-order valence-corrected chi connectivity index (χ0v) is 20.8. The first-order chi connectivity index (χ1) is 15.9. The van der Waals surface area contributed by atoms with Crippen LogP contribution in [0.2, 0.25) is 0 Å².